The average molecular weight is 583 g/mol. The van der Waals surface area contributed by atoms with Crippen LogP contribution in [0, 0.1) is 0 Å². The van der Waals surface area contributed by atoms with Crippen LogP contribution in [0.4, 0.5) is 22.4 Å². The maximum absolute atomic E-state index is 14.8. The first-order valence-electron chi connectivity index (χ1n) is 12.1. The number of carbonyl (C=O) groups is 2. The maximum atomic E-state index is 14.8. The third kappa shape index (κ3) is 5.69. The number of β-amino-alcohol motifs (C(OH)–C–C–N with tert-alkyl or cyclic N) is 1. The van der Waals surface area contributed by atoms with E-state index in [-0.39, 0.29) is 41.6 Å². The van der Waals surface area contributed by atoms with Gasteiger partial charge in [-0.05, 0) is 59.7 Å². The van der Waals surface area contributed by atoms with Crippen LogP contribution in [0.2, 0.25) is 5.02 Å². The van der Waals surface area contributed by atoms with Crippen molar-refractivity contribution in [2.24, 2.45) is 0 Å². The van der Waals surface area contributed by atoms with Crippen LogP contribution in [0.1, 0.15) is 23.1 Å². The second-order valence-corrected chi connectivity index (χ2v) is 10.8. The molecule has 2 atom stereocenters. The largest absolute Gasteiger partial charge is 0.416 e. The van der Waals surface area contributed by atoms with Crippen molar-refractivity contribution in [2.75, 3.05) is 26.2 Å². The van der Waals surface area contributed by atoms with Gasteiger partial charge in [0.2, 0.25) is 0 Å². The van der Waals surface area contributed by atoms with Gasteiger partial charge in [-0.2, -0.15) is 18.3 Å². The van der Waals surface area contributed by atoms with Crippen molar-refractivity contribution in [3.05, 3.63) is 69.2 Å². The molecule has 0 radical (unpaired) electrons. The topological polar surface area (TPSA) is 78.7 Å². The molecule has 0 unspecified atom stereocenters. The molecule has 0 saturated carbocycles. The van der Waals surface area contributed by atoms with Gasteiger partial charge < -0.3 is 5.11 Å². The van der Waals surface area contributed by atoms with Crippen molar-refractivity contribution >= 4 is 51.5 Å². The highest BCUT2D eigenvalue weighted by molar-refractivity contribution is 8.18. The molecule has 7 nitrogen and oxygen atoms in total. The molecule has 2 aliphatic heterocycles. The number of aliphatic hydroxyl groups excluding tert-OH is 1. The molecule has 2 amide bonds. The zero-order chi connectivity index (χ0) is 27.9. The molecule has 0 aliphatic carbocycles. The highest BCUT2D eigenvalue weighted by Crippen LogP contribution is 2.37. The van der Waals surface area contributed by atoms with Gasteiger partial charge in [-0.3, -0.25) is 24.1 Å². The summed E-state index contributed by atoms with van der Waals surface area (Å²) in [5.74, 6) is -0.563. The maximum Gasteiger partial charge on any atom is 0.416 e. The van der Waals surface area contributed by atoms with Crippen LogP contribution in [0.5, 0.6) is 0 Å². The summed E-state index contributed by atoms with van der Waals surface area (Å²) in [6.07, 6.45) is -2.66. The Bertz CT molecular complexity index is 1460. The molecule has 206 valence electrons. The van der Waals surface area contributed by atoms with Crippen molar-refractivity contribution < 1.29 is 32.3 Å². The molecule has 39 heavy (non-hydrogen) atoms. The van der Waals surface area contributed by atoms with E-state index in [9.17, 15) is 27.2 Å². The minimum absolute atomic E-state index is 0.0142. The molecule has 3 aromatic rings. The number of fused-ring (bicyclic) bond motifs is 1. The number of halogens is 5. The van der Waals surface area contributed by atoms with Crippen LogP contribution >= 0.6 is 23.4 Å². The summed E-state index contributed by atoms with van der Waals surface area (Å²) in [6, 6.07) is 7.80. The van der Waals surface area contributed by atoms with Gasteiger partial charge in [0.05, 0.1) is 41.4 Å². The predicted octanol–water partition coefficient (Wildman–Crippen LogP) is 5.20. The van der Waals surface area contributed by atoms with E-state index in [2.05, 4.69) is 5.10 Å². The summed E-state index contributed by atoms with van der Waals surface area (Å²) >= 11 is 6.52. The van der Waals surface area contributed by atoms with Crippen molar-refractivity contribution in [3.8, 4) is 0 Å². The van der Waals surface area contributed by atoms with Crippen LogP contribution < -0.4 is 0 Å². The summed E-state index contributed by atoms with van der Waals surface area (Å²) in [7, 11) is 0. The minimum Gasteiger partial charge on any atom is -0.395 e. The lowest BCUT2D eigenvalue weighted by atomic mass is 10.0. The SMILES string of the molecule is O=C1SC(=Cc2ccc3c(cnn3Cc3ccc(Cl)cc3C(F)(F)F)c2)C(=O)N1[C@H]1CCN(CCO)C[C@@H]1F. The summed E-state index contributed by atoms with van der Waals surface area (Å²) in [5, 5.41) is 13.4. The third-order valence-corrected chi connectivity index (χ3v) is 7.94. The smallest absolute Gasteiger partial charge is 0.395 e. The number of rotatable bonds is 6. The summed E-state index contributed by atoms with van der Waals surface area (Å²) in [6.45, 7) is 0.605. The Balaban J connectivity index is 1.35. The van der Waals surface area contributed by atoms with Crippen molar-refractivity contribution in [1.29, 1.82) is 0 Å². The molecular weight excluding hydrogens is 560 g/mol. The Morgan fingerprint density at radius 2 is 1.97 bits per heavy atom. The number of thioether (sulfide) groups is 1. The molecule has 2 aliphatic rings. The molecule has 5 rings (SSSR count). The lowest BCUT2D eigenvalue weighted by molar-refractivity contribution is -0.138. The second-order valence-electron chi connectivity index (χ2n) is 9.37. The van der Waals surface area contributed by atoms with Crippen LogP contribution in [0.15, 0.2) is 47.5 Å². The first-order chi connectivity index (χ1) is 18.5. The fourth-order valence-corrected chi connectivity index (χ4v) is 6.00. The number of alkyl halides is 4. The molecule has 0 spiro atoms. The molecule has 1 aromatic heterocycles. The lowest BCUT2D eigenvalue weighted by Crippen LogP contribution is -2.54. The number of imide groups is 1. The van der Waals surface area contributed by atoms with Gasteiger partial charge >= 0.3 is 6.18 Å². The standard InChI is InChI=1S/C26H23ClF4N4O3S/c27-18-3-2-16(19(11-18)26(29,30)31)13-34-21-4-1-15(9-17(21)12-32-34)10-23-24(37)35(25(38)39-23)22-5-6-33(7-8-36)14-20(22)28/h1-4,9-12,20,22,36H,5-8,13-14H2/t20-,22-/m0/s1. The number of aliphatic hydroxyl groups is 1. The number of hydrogen-bond acceptors (Lipinski definition) is 6. The van der Waals surface area contributed by atoms with Gasteiger partial charge in [0.15, 0.2) is 0 Å². The van der Waals surface area contributed by atoms with Crippen LogP contribution in [-0.4, -0.2) is 74.3 Å². The van der Waals surface area contributed by atoms with Gasteiger partial charge in [0, 0.05) is 30.0 Å². The van der Waals surface area contributed by atoms with E-state index in [1.807, 2.05) is 0 Å². The molecule has 2 saturated heterocycles. The van der Waals surface area contributed by atoms with Crippen molar-refractivity contribution in [2.45, 2.75) is 31.4 Å². The lowest BCUT2D eigenvalue weighted by Gasteiger charge is -2.37. The first-order valence-corrected chi connectivity index (χ1v) is 13.3. The van der Waals surface area contributed by atoms with E-state index in [0.717, 1.165) is 22.7 Å². The highest BCUT2D eigenvalue weighted by atomic mass is 35.5. The van der Waals surface area contributed by atoms with E-state index in [1.54, 1.807) is 23.1 Å². The monoisotopic (exact) mass is 582 g/mol. The minimum atomic E-state index is -4.57. The quantitative estimate of drug-likeness (QED) is 0.318. The molecule has 13 heteroatoms. The number of carbonyl (C=O) groups excluding carboxylic acids is 2. The molecule has 3 heterocycles. The second kappa shape index (κ2) is 10.9. The van der Waals surface area contributed by atoms with Crippen molar-refractivity contribution in [1.82, 2.24) is 19.6 Å². The summed E-state index contributed by atoms with van der Waals surface area (Å²) in [4.78, 5) is 28.6. The van der Waals surface area contributed by atoms with E-state index in [1.165, 1.54) is 29.1 Å². The van der Waals surface area contributed by atoms with Gasteiger partial charge in [0.25, 0.3) is 11.1 Å². The summed E-state index contributed by atoms with van der Waals surface area (Å²) < 4.78 is 56.8. The fraction of sp³-hybridized carbons (Fsp3) is 0.346. The Morgan fingerprint density at radius 1 is 1.18 bits per heavy atom. The Hall–Kier alpha value is -2.93. The van der Waals surface area contributed by atoms with Crippen LogP contribution in [0.25, 0.3) is 17.0 Å². The molecule has 2 fully saturated rings. The van der Waals surface area contributed by atoms with Gasteiger partial charge in [0.1, 0.15) is 6.17 Å². The third-order valence-electron chi connectivity index (χ3n) is 6.82. The van der Waals surface area contributed by atoms with E-state index in [4.69, 9.17) is 16.7 Å². The van der Waals surface area contributed by atoms with Gasteiger partial charge in [-0.1, -0.05) is 23.7 Å². The zero-order valence-electron chi connectivity index (χ0n) is 20.4. The number of piperidine rings is 1. The number of nitrogens with zero attached hydrogens (tertiary/aromatic N) is 4. The Labute approximate surface area is 230 Å². The summed E-state index contributed by atoms with van der Waals surface area (Å²) in [5.41, 5.74) is 0.353. The van der Waals surface area contributed by atoms with Crippen LogP contribution in [0.3, 0.4) is 0 Å². The number of likely N-dealkylation sites (tertiary alicyclic amines) is 1. The average Bonchev–Trinajstić information content (AvgIpc) is 3.39. The number of aromatic nitrogens is 2. The van der Waals surface area contributed by atoms with Gasteiger partial charge in [-0.15, -0.1) is 0 Å². The molecule has 0 bridgehead atoms. The zero-order valence-corrected chi connectivity index (χ0v) is 21.9. The normalized spacial score (nSPS) is 22.0. The Morgan fingerprint density at radius 3 is 2.69 bits per heavy atom. The van der Waals surface area contributed by atoms with Crippen LogP contribution in [-0.2, 0) is 17.5 Å². The predicted molar refractivity (Wildman–Crippen MR) is 140 cm³/mol. The molecule has 2 aromatic carbocycles. The highest BCUT2D eigenvalue weighted by Gasteiger charge is 2.45. The number of hydrogen-bond donors (Lipinski definition) is 1. The van der Waals surface area contributed by atoms with E-state index >= 15 is 0 Å². The molecule has 1 N–H and O–H groups in total. The van der Waals surface area contributed by atoms with E-state index < -0.39 is 35.1 Å². The molecular formula is C26H23ClF4N4O3S. The van der Waals surface area contributed by atoms with E-state index in [0.29, 0.717) is 29.6 Å². The Kier molecular flexibility index (Phi) is 7.73. The van der Waals surface area contributed by atoms with Crippen molar-refractivity contribution in [3.63, 3.8) is 0 Å². The number of benzene rings is 2. The number of amides is 2. The first kappa shape index (κ1) is 27.6. The van der Waals surface area contributed by atoms with Gasteiger partial charge in [-0.25, -0.2) is 4.39 Å². The fourth-order valence-electron chi connectivity index (χ4n) is 4.94.